The van der Waals surface area contributed by atoms with E-state index in [2.05, 4.69) is 20.8 Å². The highest BCUT2D eigenvalue weighted by Gasteiger charge is 2.38. The van der Waals surface area contributed by atoms with Gasteiger partial charge in [-0.1, -0.05) is 34.6 Å². The number of hydrogen-bond acceptors (Lipinski definition) is 4. The van der Waals surface area contributed by atoms with Crippen molar-refractivity contribution in [2.75, 3.05) is 0 Å². The predicted octanol–water partition coefficient (Wildman–Crippen LogP) is 4.26. The summed E-state index contributed by atoms with van der Waals surface area (Å²) in [6, 6.07) is 2.47. The Labute approximate surface area is 136 Å². The molecule has 0 aliphatic heterocycles. The first kappa shape index (κ1) is 17.3. The second kappa shape index (κ2) is 5.52. The van der Waals surface area contributed by atoms with Gasteiger partial charge in [0.1, 0.15) is 11.5 Å². The average Bonchev–Trinajstić information content (AvgIpc) is 2.42. The van der Waals surface area contributed by atoms with Gasteiger partial charge in [0.25, 0.3) is 0 Å². The zero-order valence-electron chi connectivity index (χ0n) is 14.4. The molecule has 4 heteroatoms. The number of Topliss-reactive ketones (excluding diaryl/α,β-unsaturated/α-hetero) is 1. The third-order valence-electron chi connectivity index (χ3n) is 4.38. The van der Waals surface area contributed by atoms with Crippen LogP contribution in [0.25, 0.3) is 0 Å². The van der Waals surface area contributed by atoms with E-state index < -0.39 is 11.2 Å². The fraction of sp³-hybridized carbons (Fsp3) is 0.474. The normalized spacial score (nSPS) is 15.4. The third kappa shape index (κ3) is 3.31. The third-order valence-corrected chi connectivity index (χ3v) is 4.38. The molecule has 1 aliphatic rings. The molecule has 4 nitrogen and oxygen atoms in total. The van der Waals surface area contributed by atoms with E-state index in [1.165, 1.54) is 18.2 Å². The lowest BCUT2D eigenvalue weighted by atomic mass is 9.70. The lowest BCUT2D eigenvalue weighted by Gasteiger charge is -2.32. The summed E-state index contributed by atoms with van der Waals surface area (Å²) >= 11 is 0. The highest BCUT2D eigenvalue weighted by Crippen LogP contribution is 2.43. The molecule has 0 spiro atoms. The fourth-order valence-corrected chi connectivity index (χ4v) is 2.79. The first-order valence-corrected chi connectivity index (χ1v) is 7.80. The Kier molecular flexibility index (Phi) is 4.14. The van der Waals surface area contributed by atoms with Crippen LogP contribution in [0.4, 0.5) is 0 Å². The summed E-state index contributed by atoms with van der Waals surface area (Å²) in [5.41, 5.74) is -0.171. The molecule has 0 bridgehead atoms. The first-order chi connectivity index (χ1) is 10.4. The number of carbonyl (C=O) groups is 2. The van der Waals surface area contributed by atoms with Gasteiger partial charge in [-0.15, -0.1) is 0 Å². The molecule has 1 aromatic carbocycles. The second-order valence-corrected chi connectivity index (χ2v) is 8.05. The molecule has 0 fully saturated rings. The summed E-state index contributed by atoms with van der Waals surface area (Å²) in [6.45, 7) is 10.3. The molecule has 0 radical (unpaired) electrons. The van der Waals surface area contributed by atoms with Crippen LogP contribution in [-0.2, 0) is 0 Å². The van der Waals surface area contributed by atoms with E-state index in [0.29, 0.717) is 5.57 Å². The van der Waals surface area contributed by atoms with Crippen LogP contribution in [-0.4, -0.2) is 21.8 Å². The van der Waals surface area contributed by atoms with Gasteiger partial charge in [0.05, 0.1) is 11.1 Å². The van der Waals surface area contributed by atoms with Crippen molar-refractivity contribution in [3.63, 3.8) is 0 Å². The molecule has 0 heterocycles. The molecular weight excluding hydrogens is 292 g/mol. The van der Waals surface area contributed by atoms with Crippen LogP contribution in [0.1, 0.15) is 68.2 Å². The zero-order chi connectivity index (χ0) is 17.6. The number of aromatic hydroxyl groups is 2. The van der Waals surface area contributed by atoms with Crippen LogP contribution in [0.2, 0.25) is 0 Å². The van der Waals surface area contributed by atoms with Crippen molar-refractivity contribution < 1.29 is 19.8 Å². The van der Waals surface area contributed by atoms with Crippen LogP contribution in [0, 0.1) is 10.8 Å². The summed E-state index contributed by atoms with van der Waals surface area (Å²) in [5, 5.41) is 19.9. The lowest BCUT2D eigenvalue weighted by molar-refractivity contribution is 0.0954. The van der Waals surface area contributed by atoms with E-state index in [9.17, 15) is 19.8 Å². The van der Waals surface area contributed by atoms with E-state index >= 15 is 0 Å². The minimum absolute atomic E-state index is 0.0867. The largest absolute Gasteiger partial charge is 0.507 e. The number of phenolic OH excluding ortho intramolecular Hbond substituents is 2. The summed E-state index contributed by atoms with van der Waals surface area (Å²) in [7, 11) is 0. The molecule has 0 aromatic heterocycles. The van der Waals surface area contributed by atoms with Gasteiger partial charge in [-0.2, -0.15) is 0 Å². The monoisotopic (exact) mass is 316 g/mol. The van der Waals surface area contributed by atoms with Crippen LogP contribution in [0.15, 0.2) is 23.8 Å². The van der Waals surface area contributed by atoms with Gasteiger partial charge >= 0.3 is 0 Å². The topological polar surface area (TPSA) is 74.6 Å². The average molecular weight is 316 g/mol. The van der Waals surface area contributed by atoms with Gasteiger partial charge in [0, 0.05) is 5.57 Å². The van der Waals surface area contributed by atoms with Crippen LogP contribution < -0.4 is 0 Å². The van der Waals surface area contributed by atoms with Crippen LogP contribution in [0.3, 0.4) is 0 Å². The summed E-state index contributed by atoms with van der Waals surface area (Å²) in [6.07, 6.45) is 2.96. The van der Waals surface area contributed by atoms with Gasteiger partial charge in [-0.05, 0) is 41.9 Å². The smallest absolute Gasteiger partial charge is 0.194 e. The Morgan fingerprint density at radius 2 is 1.39 bits per heavy atom. The zero-order valence-corrected chi connectivity index (χ0v) is 14.4. The van der Waals surface area contributed by atoms with Crippen LogP contribution >= 0.6 is 0 Å². The quantitative estimate of drug-likeness (QED) is 0.817. The number of phenols is 2. The highest BCUT2D eigenvalue weighted by atomic mass is 16.3. The molecule has 0 amide bonds. The molecule has 0 saturated carbocycles. The molecular formula is C19H24O4. The lowest BCUT2D eigenvalue weighted by Crippen LogP contribution is -2.28. The van der Waals surface area contributed by atoms with Crippen molar-refractivity contribution in [1.29, 1.82) is 0 Å². The molecule has 0 atom stereocenters. The minimum Gasteiger partial charge on any atom is -0.507 e. The second-order valence-electron chi connectivity index (χ2n) is 8.05. The Bertz CT molecular complexity index is 703. The number of benzene rings is 1. The standard InChI is InChI=1S/C19H24O4/c1-18(2,3)8-9-19(4,5)11-10-14(22)15-12(20)6-7-13(21)16(15)17(11)23/h6-7,10,20-21H,8-9H2,1-5H3. The number of rotatable bonds is 3. The minimum atomic E-state index is -0.490. The summed E-state index contributed by atoms with van der Waals surface area (Å²) in [4.78, 5) is 25.2. The van der Waals surface area contributed by atoms with E-state index in [4.69, 9.17) is 0 Å². The maximum Gasteiger partial charge on any atom is 0.194 e. The number of hydrogen-bond donors (Lipinski definition) is 2. The van der Waals surface area contributed by atoms with E-state index in [0.717, 1.165) is 12.8 Å². The fourth-order valence-electron chi connectivity index (χ4n) is 2.79. The maximum absolute atomic E-state index is 12.8. The number of allylic oxidation sites excluding steroid dienone is 2. The maximum atomic E-state index is 12.8. The SMILES string of the molecule is CC(C)(C)CCC(C)(C)C1=CC(=O)c2c(O)ccc(O)c2C1=O. The Hall–Kier alpha value is -2.10. The van der Waals surface area contributed by atoms with Gasteiger partial charge in [0.2, 0.25) is 0 Å². The van der Waals surface area contributed by atoms with Gasteiger partial charge < -0.3 is 10.2 Å². The molecule has 1 aromatic rings. The van der Waals surface area contributed by atoms with Crippen molar-refractivity contribution in [3.8, 4) is 11.5 Å². The first-order valence-electron chi connectivity index (χ1n) is 7.80. The predicted molar refractivity (Wildman–Crippen MR) is 89.0 cm³/mol. The van der Waals surface area contributed by atoms with Gasteiger partial charge in [-0.25, -0.2) is 0 Å². The van der Waals surface area contributed by atoms with E-state index in [1.54, 1.807) is 0 Å². The van der Waals surface area contributed by atoms with Gasteiger partial charge in [-0.3, -0.25) is 9.59 Å². The number of carbonyl (C=O) groups excluding carboxylic acids is 2. The molecule has 0 saturated heterocycles. The molecule has 0 unspecified atom stereocenters. The molecule has 1 aliphatic carbocycles. The van der Waals surface area contributed by atoms with Crippen molar-refractivity contribution in [3.05, 3.63) is 34.9 Å². The van der Waals surface area contributed by atoms with Crippen molar-refractivity contribution in [2.24, 2.45) is 10.8 Å². The van der Waals surface area contributed by atoms with Crippen molar-refractivity contribution >= 4 is 11.6 Å². The van der Waals surface area contributed by atoms with E-state index in [1.807, 2.05) is 13.8 Å². The molecule has 2 N–H and O–H groups in total. The Morgan fingerprint density at radius 3 is 1.91 bits per heavy atom. The van der Waals surface area contributed by atoms with E-state index in [-0.39, 0.29) is 33.8 Å². The molecule has 23 heavy (non-hydrogen) atoms. The number of ketones is 2. The van der Waals surface area contributed by atoms with Crippen molar-refractivity contribution in [2.45, 2.75) is 47.5 Å². The molecule has 2 rings (SSSR count). The van der Waals surface area contributed by atoms with Crippen molar-refractivity contribution in [1.82, 2.24) is 0 Å². The summed E-state index contributed by atoms with van der Waals surface area (Å²) in [5.74, 6) is -1.37. The Balaban J connectivity index is 2.45. The van der Waals surface area contributed by atoms with Crippen LogP contribution in [0.5, 0.6) is 11.5 Å². The highest BCUT2D eigenvalue weighted by molar-refractivity contribution is 6.27. The molecule has 124 valence electrons. The summed E-state index contributed by atoms with van der Waals surface area (Å²) < 4.78 is 0. The van der Waals surface area contributed by atoms with Gasteiger partial charge in [0.15, 0.2) is 11.6 Å². The number of fused-ring (bicyclic) bond motifs is 1. The Morgan fingerprint density at radius 1 is 0.870 bits per heavy atom.